The second-order valence-corrected chi connectivity index (χ2v) is 5.12. The molecule has 0 spiro atoms. The normalized spacial score (nSPS) is 14.9. The summed E-state index contributed by atoms with van der Waals surface area (Å²) in [7, 11) is 0. The van der Waals surface area contributed by atoms with Crippen molar-refractivity contribution in [3.8, 4) is 0 Å². The fraction of sp³-hybridized carbons (Fsp3) is 0.667. The van der Waals surface area contributed by atoms with E-state index in [0.717, 1.165) is 13.1 Å². The van der Waals surface area contributed by atoms with E-state index in [1.807, 2.05) is 13.8 Å². The van der Waals surface area contributed by atoms with E-state index in [0.29, 0.717) is 0 Å². The van der Waals surface area contributed by atoms with Crippen molar-refractivity contribution in [3.05, 3.63) is 11.9 Å². The molecule has 0 aliphatic carbocycles. The fourth-order valence-electron chi connectivity index (χ4n) is 1.79. The van der Waals surface area contributed by atoms with Gasteiger partial charge in [0.1, 0.15) is 0 Å². The molecule has 2 amide bonds. The number of rotatable bonds is 6. The van der Waals surface area contributed by atoms with Gasteiger partial charge in [0.25, 0.3) is 5.91 Å². The monoisotopic (exact) mass is 280 g/mol. The predicted molar refractivity (Wildman–Crippen MR) is 72.2 cm³/mol. The smallest absolute Gasteiger partial charge is 0.273 e. The van der Waals surface area contributed by atoms with Crippen molar-refractivity contribution >= 4 is 11.8 Å². The van der Waals surface area contributed by atoms with Crippen molar-refractivity contribution in [2.24, 2.45) is 0 Å². The number of carbonyl (C=O) groups excluding carboxylic acids is 2. The zero-order valence-corrected chi connectivity index (χ0v) is 11.7. The van der Waals surface area contributed by atoms with E-state index in [-0.39, 0.29) is 42.6 Å². The molecule has 1 fully saturated rings. The number of hydrogen-bond donors (Lipinski definition) is 3. The van der Waals surface area contributed by atoms with Crippen molar-refractivity contribution in [2.45, 2.75) is 32.4 Å². The third-order valence-electron chi connectivity index (χ3n) is 2.96. The Hall–Kier alpha value is -1.96. The lowest BCUT2D eigenvalue weighted by Crippen LogP contribution is -2.43. The standard InChI is InChI=1S/C12H20N6O2/c1-8(2)15-11(19)3-4-14-12(20)10-7-18(17-16-10)9-5-13-6-9/h7-9,13H,3-6H2,1-2H3,(H,14,20)(H,15,19). The van der Waals surface area contributed by atoms with Gasteiger partial charge in [-0.05, 0) is 13.8 Å². The second kappa shape index (κ2) is 6.47. The summed E-state index contributed by atoms with van der Waals surface area (Å²) >= 11 is 0. The Balaban J connectivity index is 1.74. The lowest BCUT2D eigenvalue weighted by molar-refractivity contribution is -0.121. The number of aromatic nitrogens is 3. The van der Waals surface area contributed by atoms with E-state index < -0.39 is 0 Å². The molecular formula is C12H20N6O2. The molecule has 0 bridgehead atoms. The number of amides is 2. The van der Waals surface area contributed by atoms with Crippen LogP contribution in [0.2, 0.25) is 0 Å². The molecule has 0 atom stereocenters. The molecule has 1 aromatic heterocycles. The van der Waals surface area contributed by atoms with Gasteiger partial charge < -0.3 is 16.0 Å². The van der Waals surface area contributed by atoms with Gasteiger partial charge in [0, 0.05) is 32.1 Å². The lowest BCUT2D eigenvalue weighted by Gasteiger charge is -2.26. The zero-order valence-electron chi connectivity index (χ0n) is 11.7. The lowest BCUT2D eigenvalue weighted by atomic mass is 10.2. The van der Waals surface area contributed by atoms with Crippen LogP contribution in [0, 0.1) is 0 Å². The van der Waals surface area contributed by atoms with Crippen LogP contribution in [0.1, 0.15) is 36.8 Å². The highest BCUT2D eigenvalue weighted by molar-refractivity contribution is 5.92. The first-order valence-electron chi connectivity index (χ1n) is 6.76. The molecule has 1 aliphatic heterocycles. The SMILES string of the molecule is CC(C)NC(=O)CCNC(=O)c1cn(C2CNC2)nn1. The van der Waals surface area contributed by atoms with Gasteiger partial charge in [-0.1, -0.05) is 5.21 Å². The van der Waals surface area contributed by atoms with Gasteiger partial charge in [-0.3, -0.25) is 9.59 Å². The van der Waals surface area contributed by atoms with E-state index in [4.69, 9.17) is 0 Å². The minimum atomic E-state index is -0.305. The molecule has 3 N–H and O–H groups in total. The van der Waals surface area contributed by atoms with Gasteiger partial charge in [-0.2, -0.15) is 0 Å². The maximum atomic E-state index is 11.8. The van der Waals surface area contributed by atoms with Gasteiger partial charge in [0.15, 0.2) is 5.69 Å². The summed E-state index contributed by atoms with van der Waals surface area (Å²) in [5, 5.41) is 16.3. The van der Waals surface area contributed by atoms with Crippen molar-refractivity contribution in [3.63, 3.8) is 0 Å². The fourth-order valence-corrected chi connectivity index (χ4v) is 1.79. The number of nitrogens with one attached hydrogen (secondary N) is 3. The molecular weight excluding hydrogens is 260 g/mol. The van der Waals surface area contributed by atoms with Gasteiger partial charge in [-0.25, -0.2) is 4.68 Å². The van der Waals surface area contributed by atoms with Gasteiger partial charge >= 0.3 is 0 Å². The molecule has 2 heterocycles. The van der Waals surface area contributed by atoms with Crippen molar-refractivity contribution in [1.29, 1.82) is 0 Å². The highest BCUT2D eigenvalue weighted by Crippen LogP contribution is 2.09. The highest BCUT2D eigenvalue weighted by Gasteiger charge is 2.21. The van der Waals surface area contributed by atoms with Gasteiger partial charge in [0.05, 0.1) is 12.2 Å². The molecule has 20 heavy (non-hydrogen) atoms. The molecule has 1 saturated heterocycles. The maximum Gasteiger partial charge on any atom is 0.273 e. The molecule has 2 rings (SSSR count). The Bertz CT molecular complexity index is 480. The summed E-state index contributed by atoms with van der Waals surface area (Å²) in [5.74, 6) is -0.384. The topological polar surface area (TPSA) is 101 Å². The van der Waals surface area contributed by atoms with Crippen LogP contribution in [0.4, 0.5) is 0 Å². The van der Waals surface area contributed by atoms with Crippen molar-refractivity contribution < 1.29 is 9.59 Å². The Kier molecular flexibility index (Phi) is 4.67. The first-order valence-corrected chi connectivity index (χ1v) is 6.76. The summed E-state index contributed by atoms with van der Waals surface area (Å²) in [5.41, 5.74) is 0.279. The second-order valence-electron chi connectivity index (χ2n) is 5.12. The van der Waals surface area contributed by atoms with Gasteiger partial charge in [-0.15, -0.1) is 5.10 Å². The Morgan fingerprint density at radius 3 is 2.85 bits per heavy atom. The summed E-state index contributed by atoms with van der Waals surface area (Å²) in [6.45, 7) is 5.77. The molecule has 110 valence electrons. The van der Waals surface area contributed by atoms with Crippen molar-refractivity contribution in [2.75, 3.05) is 19.6 Å². The zero-order chi connectivity index (χ0) is 14.5. The first kappa shape index (κ1) is 14.4. The van der Waals surface area contributed by atoms with Gasteiger partial charge in [0.2, 0.25) is 5.91 Å². The van der Waals surface area contributed by atoms with Crippen LogP contribution in [0.15, 0.2) is 6.20 Å². The molecule has 0 unspecified atom stereocenters. The summed E-state index contributed by atoms with van der Waals surface area (Å²) < 4.78 is 1.69. The highest BCUT2D eigenvalue weighted by atomic mass is 16.2. The quantitative estimate of drug-likeness (QED) is 0.625. The van der Waals surface area contributed by atoms with Crippen LogP contribution in [-0.2, 0) is 4.79 Å². The third kappa shape index (κ3) is 3.77. The molecule has 0 saturated carbocycles. The maximum absolute atomic E-state index is 11.8. The van der Waals surface area contributed by atoms with Crippen LogP contribution in [0.25, 0.3) is 0 Å². The Labute approximate surface area is 117 Å². The van der Waals surface area contributed by atoms with Crippen LogP contribution in [0.3, 0.4) is 0 Å². The average molecular weight is 280 g/mol. The van der Waals surface area contributed by atoms with Crippen molar-refractivity contribution in [1.82, 2.24) is 30.9 Å². The number of hydrogen-bond acceptors (Lipinski definition) is 5. The third-order valence-corrected chi connectivity index (χ3v) is 2.96. The van der Waals surface area contributed by atoms with Crippen LogP contribution < -0.4 is 16.0 Å². The Morgan fingerprint density at radius 1 is 1.50 bits per heavy atom. The summed E-state index contributed by atoms with van der Waals surface area (Å²) in [6.07, 6.45) is 1.89. The van der Waals surface area contributed by atoms with Crippen LogP contribution in [0.5, 0.6) is 0 Å². The minimum Gasteiger partial charge on any atom is -0.354 e. The molecule has 0 radical (unpaired) electrons. The van der Waals surface area contributed by atoms with E-state index in [1.165, 1.54) is 0 Å². The Morgan fingerprint density at radius 2 is 2.25 bits per heavy atom. The van der Waals surface area contributed by atoms with E-state index >= 15 is 0 Å². The van der Waals surface area contributed by atoms with E-state index in [9.17, 15) is 9.59 Å². The molecule has 8 nitrogen and oxygen atoms in total. The minimum absolute atomic E-state index is 0.0792. The van der Waals surface area contributed by atoms with E-state index in [2.05, 4.69) is 26.3 Å². The number of carbonyl (C=O) groups is 2. The largest absolute Gasteiger partial charge is 0.354 e. The summed E-state index contributed by atoms with van der Waals surface area (Å²) in [4.78, 5) is 23.2. The molecule has 1 aromatic rings. The van der Waals surface area contributed by atoms with E-state index in [1.54, 1.807) is 10.9 Å². The van der Waals surface area contributed by atoms with Crippen LogP contribution >= 0.6 is 0 Å². The molecule has 1 aliphatic rings. The first-order chi connectivity index (χ1) is 9.56. The molecule has 0 aromatic carbocycles. The predicted octanol–water partition coefficient (Wildman–Crippen LogP) is -0.933. The molecule has 8 heteroatoms. The average Bonchev–Trinajstić information content (AvgIpc) is 2.74. The number of nitrogens with zero attached hydrogens (tertiary/aromatic N) is 3. The van der Waals surface area contributed by atoms with Crippen LogP contribution in [-0.4, -0.2) is 52.5 Å². The summed E-state index contributed by atoms with van der Waals surface area (Å²) in [6, 6.07) is 0.384.